The number of amides is 2. The lowest BCUT2D eigenvalue weighted by Gasteiger charge is -2.33. The summed E-state index contributed by atoms with van der Waals surface area (Å²) in [5.41, 5.74) is 11.8. The van der Waals surface area contributed by atoms with E-state index in [-0.39, 0.29) is 17.7 Å². The second-order valence-electron chi connectivity index (χ2n) is 11.0. The third-order valence-corrected chi connectivity index (χ3v) is 8.34. The van der Waals surface area contributed by atoms with Gasteiger partial charge in [0, 0.05) is 67.4 Å². The minimum atomic E-state index is -2.61. The lowest BCUT2D eigenvalue weighted by Crippen LogP contribution is -2.40. The summed E-state index contributed by atoms with van der Waals surface area (Å²) in [5.74, 6) is 0. The number of nitrogens with two attached hydrogens (primary N) is 1. The van der Waals surface area contributed by atoms with Crippen molar-refractivity contribution < 1.29 is 18.3 Å². The van der Waals surface area contributed by atoms with Crippen molar-refractivity contribution in [2.24, 2.45) is 12.8 Å². The largest absolute Gasteiger partial charge is 0.378 e. The molecule has 0 spiro atoms. The number of carbonyl (C=O) groups excluding carboxylic acids is 1. The molecule has 2 N–H and O–H groups in total. The Morgan fingerprint density at radius 2 is 2.10 bits per heavy atom. The Labute approximate surface area is 226 Å². The number of aromatic nitrogens is 4. The van der Waals surface area contributed by atoms with E-state index in [1.807, 2.05) is 6.07 Å². The van der Waals surface area contributed by atoms with Gasteiger partial charge in [-0.1, -0.05) is 0 Å². The van der Waals surface area contributed by atoms with Crippen molar-refractivity contribution in [2.45, 2.75) is 70.7 Å². The maximum absolute atomic E-state index is 14.3. The fourth-order valence-electron chi connectivity index (χ4n) is 6.39. The number of halogens is 2. The lowest BCUT2D eigenvalue weighted by atomic mass is 9.93. The van der Waals surface area contributed by atoms with Gasteiger partial charge >= 0.3 is 6.03 Å². The Bertz CT molecular complexity index is 1380. The van der Waals surface area contributed by atoms with Crippen molar-refractivity contribution in [3.05, 3.63) is 52.6 Å². The maximum Gasteiger partial charge on any atom is 0.315 e. The number of ether oxygens (including phenoxy) is 1. The van der Waals surface area contributed by atoms with Gasteiger partial charge in [-0.3, -0.25) is 9.36 Å². The van der Waals surface area contributed by atoms with Crippen LogP contribution in [-0.4, -0.2) is 56.3 Å². The third-order valence-electron chi connectivity index (χ3n) is 8.34. The summed E-state index contributed by atoms with van der Waals surface area (Å²) < 4.78 is 38.2. The van der Waals surface area contributed by atoms with Crippen molar-refractivity contribution in [2.75, 3.05) is 24.6 Å². The van der Waals surface area contributed by atoms with E-state index in [9.17, 15) is 13.6 Å². The average Bonchev–Trinajstić information content (AvgIpc) is 3.51. The number of rotatable bonds is 5. The van der Waals surface area contributed by atoms with Crippen LogP contribution >= 0.6 is 0 Å². The summed E-state index contributed by atoms with van der Waals surface area (Å²) in [6, 6.07) is 3.36. The molecule has 0 bridgehead atoms. The first kappa shape index (κ1) is 25.8. The van der Waals surface area contributed by atoms with Crippen molar-refractivity contribution in [1.29, 1.82) is 0 Å². The minimum absolute atomic E-state index is 0.0114. The molecule has 208 valence electrons. The van der Waals surface area contributed by atoms with E-state index in [0.29, 0.717) is 43.8 Å². The number of benzene rings is 1. The number of carbonyl (C=O) groups is 1. The van der Waals surface area contributed by atoms with Crippen molar-refractivity contribution in [1.82, 2.24) is 24.5 Å². The fourth-order valence-corrected chi connectivity index (χ4v) is 6.39. The molecule has 2 atom stereocenters. The highest BCUT2D eigenvalue weighted by Gasteiger charge is 2.32. The van der Waals surface area contributed by atoms with Gasteiger partial charge in [-0.05, 0) is 55.9 Å². The molecular weight excluding hydrogens is 504 g/mol. The Balaban J connectivity index is 1.37. The van der Waals surface area contributed by atoms with Gasteiger partial charge in [0.15, 0.2) is 0 Å². The van der Waals surface area contributed by atoms with Gasteiger partial charge in [0.2, 0.25) is 0 Å². The van der Waals surface area contributed by atoms with E-state index in [0.717, 1.165) is 60.4 Å². The molecule has 2 aromatic heterocycles. The van der Waals surface area contributed by atoms with Crippen LogP contribution in [0.1, 0.15) is 66.7 Å². The Kier molecular flexibility index (Phi) is 6.78. The molecule has 3 aliphatic heterocycles. The summed E-state index contributed by atoms with van der Waals surface area (Å²) in [6.07, 6.45) is 5.16. The predicted molar refractivity (Wildman–Crippen MR) is 143 cm³/mol. The van der Waals surface area contributed by atoms with E-state index in [4.69, 9.17) is 15.6 Å². The predicted octanol–water partition coefficient (Wildman–Crippen LogP) is 4.35. The average molecular weight is 540 g/mol. The number of anilines is 1. The van der Waals surface area contributed by atoms with Crippen LogP contribution in [0, 0.1) is 0 Å². The molecule has 0 unspecified atom stereocenters. The molecule has 0 saturated carbocycles. The Morgan fingerprint density at radius 3 is 2.82 bits per heavy atom. The molecule has 11 heteroatoms. The highest BCUT2D eigenvalue weighted by atomic mass is 19.3. The number of primary amides is 1. The van der Waals surface area contributed by atoms with Crippen LogP contribution in [0.5, 0.6) is 0 Å². The maximum atomic E-state index is 14.3. The second kappa shape index (κ2) is 10.3. The van der Waals surface area contributed by atoms with E-state index < -0.39 is 12.5 Å². The molecular formula is C28H35F2N7O2. The zero-order chi connectivity index (χ0) is 27.3. The van der Waals surface area contributed by atoms with E-state index in [1.54, 1.807) is 35.1 Å². The molecule has 3 aromatic rings. The molecule has 2 amide bonds. The summed E-state index contributed by atoms with van der Waals surface area (Å²) in [4.78, 5) is 15.9. The molecule has 9 nitrogen and oxygen atoms in total. The summed E-state index contributed by atoms with van der Waals surface area (Å²) in [7, 11) is 1.78. The first-order valence-corrected chi connectivity index (χ1v) is 13.7. The van der Waals surface area contributed by atoms with Gasteiger partial charge in [0.05, 0.1) is 37.1 Å². The monoisotopic (exact) mass is 539 g/mol. The molecule has 39 heavy (non-hydrogen) atoms. The van der Waals surface area contributed by atoms with Crippen LogP contribution in [-0.2, 0) is 37.7 Å². The number of aryl methyl sites for hydroxylation is 2. The van der Waals surface area contributed by atoms with Crippen molar-refractivity contribution in [3.8, 4) is 11.1 Å². The summed E-state index contributed by atoms with van der Waals surface area (Å²) in [6.45, 7) is 5.00. The number of nitrogens with zero attached hydrogens (tertiary/aromatic N) is 6. The number of hydrogen-bond donors (Lipinski definition) is 1. The van der Waals surface area contributed by atoms with Crippen LogP contribution in [0.4, 0.5) is 19.3 Å². The van der Waals surface area contributed by atoms with E-state index in [2.05, 4.69) is 21.6 Å². The van der Waals surface area contributed by atoms with Crippen LogP contribution in [0.25, 0.3) is 11.1 Å². The number of fused-ring (bicyclic) bond motifs is 2. The minimum Gasteiger partial charge on any atom is -0.378 e. The van der Waals surface area contributed by atoms with E-state index in [1.165, 1.54) is 0 Å². The number of alkyl halides is 2. The fraction of sp³-hybridized carbons (Fsp3) is 0.536. The first-order valence-electron chi connectivity index (χ1n) is 13.7. The van der Waals surface area contributed by atoms with Gasteiger partial charge in [-0.15, -0.1) is 0 Å². The second-order valence-corrected chi connectivity index (χ2v) is 11.0. The standard InChI is InChI=1S/C28H35F2N7O2/c1-17-10-20(6-9-39-17)37-25-5-8-36(28(31)38)15-23(25)24(33-37)16-35-7-3-4-18-11-21(19-13-32-34(2)14-19)22(27(29)30)12-26(18)35/h11-14,17,20,27H,3-10,15-16H2,1-2H3,(H2,31,38)/t17-,20-/m1/s1. The molecule has 0 aliphatic carbocycles. The van der Waals surface area contributed by atoms with Gasteiger partial charge < -0.3 is 20.3 Å². The number of hydrogen-bond acceptors (Lipinski definition) is 5. The van der Waals surface area contributed by atoms with Crippen LogP contribution in [0.3, 0.4) is 0 Å². The van der Waals surface area contributed by atoms with Crippen molar-refractivity contribution in [3.63, 3.8) is 0 Å². The molecule has 0 radical (unpaired) electrons. The molecule has 5 heterocycles. The topological polar surface area (TPSA) is 94.4 Å². The molecule has 3 aliphatic rings. The van der Waals surface area contributed by atoms with Gasteiger partial charge in [0.1, 0.15) is 0 Å². The molecule has 1 aromatic carbocycles. The quantitative estimate of drug-likeness (QED) is 0.520. The normalized spacial score (nSPS) is 21.3. The number of urea groups is 1. The third kappa shape index (κ3) is 4.88. The van der Waals surface area contributed by atoms with Crippen LogP contribution < -0.4 is 10.6 Å². The Morgan fingerprint density at radius 1 is 1.26 bits per heavy atom. The lowest BCUT2D eigenvalue weighted by molar-refractivity contribution is 0.00273. The van der Waals surface area contributed by atoms with Crippen LogP contribution in [0.15, 0.2) is 24.5 Å². The zero-order valence-corrected chi connectivity index (χ0v) is 22.4. The highest BCUT2D eigenvalue weighted by molar-refractivity contribution is 5.74. The highest BCUT2D eigenvalue weighted by Crippen LogP contribution is 2.40. The smallest absolute Gasteiger partial charge is 0.315 e. The zero-order valence-electron chi connectivity index (χ0n) is 22.4. The molecule has 6 rings (SSSR count). The molecule has 1 saturated heterocycles. The van der Waals surface area contributed by atoms with Crippen LogP contribution in [0.2, 0.25) is 0 Å². The van der Waals surface area contributed by atoms with E-state index >= 15 is 0 Å². The molecule has 1 fully saturated rings. The first-order chi connectivity index (χ1) is 18.8. The van der Waals surface area contributed by atoms with Gasteiger partial charge in [0.25, 0.3) is 6.43 Å². The van der Waals surface area contributed by atoms with Crippen molar-refractivity contribution >= 4 is 11.7 Å². The van der Waals surface area contributed by atoms with Gasteiger partial charge in [-0.2, -0.15) is 10.2 Å². The SMILES string of the molecule is C[C@@H]1C[C@H](n2nc(CN3CCCc4cc(-c5cnn(C)c5)c(C(F)F)cc43)c3c2CCN(C(N)=O)C3)CCO1. The van der Waals surface area contributed by atoms with Gasteiger partial charge in [-0.25, -0.2) is 13.6 Å². The summed E-state index contributed by atoms with van der Waals surface area (Å²) >= 11 is 0. The summed E-state index contributed by atoms with van der Waals surface area (Å²) in [5, 5.41) is 9.30. The Hall–Kier alpha value is -3.47.